The largest absolute Gasteiger partial charge is 0.508 e. The van der Waals surface area contributed by atoms with Gasteiger partial charge in [-0.05, 0) is 90.4 Å². The van der Waals surface area contributed by atoms with Gasteiger partial charge in [0.2, 0.25) is 0 Å². The number of aliphatic hydroxyl groups excluding tert-OH is 1. The Kier molecular flexibility index (Phi) is 6.95. The second kappa shape index (κ2) is 10.7. The number of fused-ring (bicyclic) bond motifs is 3. The molecule has 1 spiro atoms. The van der Waals surface area contributed by atoms with Crippen molar-refractivity contribution in [3.63, 3.8) is 0 Å². The number of halogens is 3. The molecule has 0 amide bonds. The average molecular weight is 671 g/mol. The Morgan fingerprint density at radius 2 is 1.89 bits per heavy atom. The van der Waals surface area contributed by atoms with E-state index in [9.17, 15) is 19.0 Å². The van der Waals surface area contributed by atoms with E-state index in [0.29, 0.717) is 55.0 Å². The summed E-state index contributed by atoms with van der Waals surface area (Å²) in [4.78, 5) is 16.7. The molecule has 5 aliphatic rings. The van der Waals surface area contributed by atoms with Crippen LogP contribution in [0, 0.1) is 11.2 Å². The van der Waals surface area contributed by atoms with E-state index in [1.54, 1.807) is 18.2 Å². The molecule has 0 unspecified atom stereocenters. The lowest BCUT2D eigenvalue weighted by molar-refractivity contribution is -0.0397. The summed E-state index contributed by atoms with van der Waals surface area (Å²) in [5, 5.41) is 22.2. The molecule has 1 aromatic heterocycles. The summed E-state index contributed by atoms with van der Waals surface area (Å²) in [5.74, 6) is 0.660. The molecule has 5 heterocycles. The van der Waals surface area contributed by atoms with Gasteiger partial charge >= 0.3 is 6.01 Å². The summed E-state index contributed by atoms with van der Waals surface area (Å²) < 4.78 is 35.9. The molecule has 0 bridgehead atoms. The number of hydrogen-bond acceptors (Lipinski definition) is 8. The lowest BCUT2D eigenvalue weighted by atomic mass is 9.62. The number of anilines is 2. The number of benzene rings is 2. The molecule has 3 aromatic rings. The van der Waals surface area contributed by atoms with Crippen molar-refractivity contribution in [3.05, 3.63) is 45.8 Å². The first-order valence-corrected chi connectivity index (χ1v) is 16.7. The monoisotopic (exact) mass is 669 g/mol. The lowest BCUT2D eigenvalue weighted by Crippen LogP contribution is -2.53. The maximum Gasteiger partial charge on any atom is 0.318 e. The zero-order valence-electron chi connectivity index (χ0n) is 24.7. The van der Waals surface area contributed by atoms with Crippen LogP contribution in [0.4, 0.5) is 20.3 Å². The second-order valence-corrected chi connectivity index (χ2v) is 14.6. The first-order valence-electron chi connectivity index (χ1n) is 15.9. The number of aliphatic hydroxyl groups is 1. The average Bonchev–Trinajstić information content (AvgIpc) is 3.52. The normalized spacial score (nSPS) is 30.1. The molecule has 2 atom stereocenters. The molecule has 4 fully saturated rings. The Balaban J connectivity index is 1.15. The summed E-state index contributed by atoms with van der Waals surface area (Å²) in [5.41, 5.74) is 2.49. The molecule has 11 heteroatoms. The number of alkyl halides is 1. The van der Waals surface area contributed by atoms with E-state index in [1.165, 1.54) is 6.07 Å². The summed E-state index contributed by atoms with van der Waals surface area (Å²) in [6.07, 6.45) is 5.86. The first-order chi connectivity index (χ1) is 21.2. The Hall–Kier alpha value is -2.76. The van der Waals surface area contributed by atoms with Crippen molar-refractivity contribution >= 4 is 38.2 Å². The van der Waals surface area contributed by atoms with Crippen molar-refractivity contribution in [1.29, 1.82) is 0 Å². The van der Waals surface area contributed by atoms with Gasteiger partial charge in [0, 0.05) is 55.3 Å². The van der Waals surface area contributed by atoms with Gasteiger partial charge in [0.15, 0.2) is 0 Å². The van der Waals surface area contributed by atoms with E-state index in [-0.39, 0.29) is 28.6 Å². The molecule has 0 radical (unpaired) electrons. The van der Waals surface area contributed by atoms with Crippen LogP contribution in [0.3, 0.4) is 0 Å². The molecule has 1 aliphatic carbocycles. The molecule has 3 saturated heterocycles. The Morgan fingerprint density at radius 3 is 2.73 bits per heavy atom. The van der Waals surface area contributed by atoms with E-state index >= 15 is 0 Å². The zero-order chi connectivity index (χ0) is 30.2. The highest BCUT2D eigenvalue weighted by Gasteiger charge is 2.50. The highest BCUT2D eigenvalue weighted by atomic mass is 79.9. The van der Waals surface area contributed by atoms with Crippen molar-refractivity contribution in [2.75, 3.05) is 49.1 Å². The van der Waals surface area contributed by atoms with Gasteiger partial charge in [-0.15, -0.1) is 0 Å². The summed E-state index contributed by atoms with van der Waals surface area (Å²) in [6, 6.07) is 6.73. The fourth-order valence-electron chi connectivity index (χ4n) is 8.84. The summed E-state index contributed by atoms with van der Waals surface area (Å²) in [7, 11) is 0. The van der Waals surface area contributed by atoms with Crippen LogP contribution in [-0.2, 0) is 13.0 Å². The number of nitrogens with zero attached hydrogens (tertiary/aromatic N) is 5. The summed E-state index contributed by atoms with van der Waals surface area (Å²) in [6.45, 7) is 4.55. The minimum absolute atomic E-state index is 0.119. The SMILES string of the molecule is Oc1cc(N2CCc3c(nc(OC[C@@]45CCCN4C[C@H](F)C5)nc3N3CCCC4(CC(O)C4)C3)C2)c2c(Br)c(F)ccc2c1. The van der Waals surface area contributed by atoms with Gasteiger partial charge in [-0.25, -0.2) is 8.78 Å². The number of aromatic hydroxyl groups is 1. The Labute approximate surface area is 264 Å². The van der Waals surface area contributed by atoms with E-state index in [1.807, 2.05) is 0 Å². The van der Waals surface area contributed by atoms with Crippen LogP contribution in [0.1, 0.15) is 56.2 Å². The molecular weight excluding hydrogens is 632 g/mol. The van der Waals surface area contributed by atoms with Crippen LogP contribution in [0.2, 0.25) is 0 Å². The van der Waals surface area contributed by atoms with Crippen molar-refractivity contribution in [3.8, 4) is 11.8 Å². The van der Waals surface area contributed by atoms with E-state index < -0.39 is 6.17 Å². The Morgan fingerprint density at radius 1 is 1.05 bits per heavy atom. The second-order valence-electron chi connectivity index (χ2n) is 13.8. The number of piperidine rings is 1. The lowest BCUT2D eigenvalue weighted by Gasteiger charge is -2.52. The fraction of sp³-hybridized carbons (Fsp3) is 0.576. The van der Waals surface area contributed by atoms with Gasteiger partial charge in [0.05, 0.1) is 28.4 Å². The third kappa shape index (κ3) is 4.81. The smallest absolute Gasteiger partial charge is 0.318 e. The molecule has 234 valence electrons. The van der Waals surface area contributed by atoms with Gasteiger partial charge in [-0.1, -0.05) is 6.07 Å². The number of phenolic OH excluding ortho intramolecular Hbond substituents is 1. The van der Waals surface area contributed by atoms with Crippen LogP contribution >= 0.6 is 15.9 Å². The standard InChI is InChI=1S/C33H38BrF2N5O3/c34-29-25(36)4-3-20-11-22(42)12-27(28(20)29)39-10-5-24-26(17-39)37-31(44-19-33-7-2-9-41(33)16-21(35)13-33)38-30(24)40-8-1-6-32(18-40)14-23(43)15-32/h3-4,11-12,21,23,42-43H,1-2,5-10,13-19H2/t21-,23?,32?,33+/m1/s1. The number of rotatable bonds is 5. The Bertz CT molecular complexity index is 1610. The molecule has 2 N–H and O–H groups in total. The predicted molar refractivity (Wildman–Crippen MR) is 168 cm³/mol. The van der Waals surface area contributed by atoms with E-state index in [2.05, 4.69) is 30.6 Å². The number of aromatic nitrogens is 2. The number of phenols is 1. The van der Waals surface area contributed by atoms with E-state index in [4.69, 9.17) is 14.7 Å². The van der Waals surface area contributed by atoms with Crippen LogP contribution in [0.5, 0.6) is 11.8 Å². The quantitative estimate of drug-likeness (QED) is 0.369. The van der Waals surface area contributed by atoms with E-state index in [0.717, 1.165) is 86.3 Å². The zero-order valence-corrected chi connectivity index (χ0v) is 26.3. The van der Waals surface area contributed by atoms with Crippen LogP contribution in [0.15, 0.2) is 28.7 Å². The fourth-order valence-corrected chi connectivity index (χ4v) is 9.40. The van der Waals surface area contributed by atoms with Gasteiger partial charge < -0.3 is 24.7 Å². The minimum atomic E-state index is -0.837. The van der Waals surface area contributed by atoms with Crippen LogP contribution in [-0.4, -0.2) is 82.2 Å². The molecular formula is C33H38BrF2N5O3. The highest BCUT2D eigenvalue weighted by molar-refractivity contribution is 9.10. The van der Waals surface area contributed by atoms with Gasteiger partial charge in [0.1, 0.15) is 30.2 Å². The number of ether oxygens (including phenoxy) is 1. The van der Waals surface area contributed by atoms with Crippen molar-refractivity contribution in [1.82, 2.24) is 14.9 Å². The molecule has 44 heavy (non-hydrogen) atoms. The molecule has 2 aromatic carbocycles. The van der Waals surface area contributed by atoms with Gasteiger partial charge in [-0.3, -0.25) is 4.90 Å². The highest BCUT2D eigenvalue weighted by Crippen LogP contribution is 2.49. The molecule has 8 nitrogen and oxygen atoms in total. The number of hydrogen-bond donors (Lipinski definition) is 2. The molecule has 4 aliphatic heterocycles. The van der Waals surface area contributed by atoms with Crippen LogP contribution < -0.4 is 14.5 Å². The summed E-state index contributed by atoms with van der Waals surface area (Å²) >= 11 is 3.45. The van der Waals surface area contributed by atoms with Gasteiger partial charge in [0.25, 0.3) is 0 Å². The van der Waals surface area contributed by atoms with Crippen molar-refractivity contribution < 1.29 is 23.7 Å². The minimum Gasteiger partial charge on any atom is -0.508 e. The molecule has 8 rings (SSSR count). The van der Waals surface area contributed by atoms with Gasteiger partial charge in [-0.2, -0.15) is 9.97 Å². The third-order valence-corrected chi connectivity index (χ3v) is 11.6. The topological polar surface area (TPSA) is 85.2 Å². The predicted octanol–water partition coefficient (Wildman–Crippen LogP) is 5.50. The first kappa shape index (κ1) is 28.7. The molecule has 1 saturated carbocycles. The maximum atomic E-state index is 14.7. The van der Waals surface area contributed by atoms with Crippen molar-refractivity contribution in [2.45, 2.75) is 75.7 Å². The van der Waals surface area contributed by atoms with Crippen LogP contribution in [0.25, 0.3) is 10.8 Å². The third-order valence-electron chi connectivity index (χ3n) is 10.9. The van der Waals surface area contributed by atoms with Crippen molar-refractivity contribution in [2.24, 2.45) is 5.41 Å². The maximum absolute atomic E-state index is 14.7.